The zero-order chi connectivity index (χ0) is 13.1. The third-order valence-corrected chi connectivity index (χ3v) is 3.02. The molecule has 0 saturated carbocycles. The van der Waals surface area contributed by atoms with Crippen LogP contribution < -0.4 is 10.2 Å². The van der Waals surface area contributed by atoms with Crippen molar-refractivity contribution >= 4 is 23.3 Å². The topological polar surface area (TPSA) is 69.6 Å². The summed E-state index contributed by atoms with van der Waals surface area (Å²) < 4.78 is 0. The van der Waals surface area contributed by atoms with E-state index >= 15 is 0 Å². The second kappa shape index (κ2) is 5.08. The van der Waals surface area contributed by atoms with Crippen LogP contribution in [0.15, 0.2) is 18.2 Å². The van der Waals surface area contributed by atoms with Crippen LogP contribution >= 0.6 is 0 Å². The monoisotopic (exact) mass is 248 g/mol. The van der Waals surface area contributed by atoms with Gasteiger partial charge in [0.25, 0.3) is 0 Å². The van der Waals surface area contributed by atoms with Gasteiger partial charge in [-0.05, 0) is 24.1 Å². The van der Waals surface area contributed by atoms with Crippen LogP contribution in [0.4, 0.5) is 11.4 Å². The van der Waals surface area contributed by atoms with Gasteiger partial charge in [0.1, 0.15) is 6.54 Å². The number of carboxylic acid groups (broad SMARTS) is 1. The average molecular weight is 248 g/mol. The first-order chi connectivity index (χ1) is 8.60. The maximum absolute atomic E-state index is 11.5. The molecule has 0 atom stereocenters. The Morgan fingerprint density at radius 3 is 2.94 bits per heavy atom. The summed E-state index contributed by atoms with van der Waals surface area (Å²) in [6.45, 7) is 2.38. The fourth-order valence-electron chi connectivity index (χ4n) is 2.06. The summed E-state index contributed by atoms with van der Waals surface area (Å²) in [6.07, 6.45) is 1.19. The molecule has 0 aromatic heterocycles. The number of benzene rings is 1. The molecule has 0 radical (unpaired) electrons. The summed E-state index contributed by atoms with van der Waals surface area (Å²) >= 11 is 0. The molecule has 0 fully saturated rings. The molecular weight excluding hydrogens is 232 g/mol. The normalized spacial score (nSPS) is 14.7. The third-order valence-electron chi connectivity index (χ3n) is 3.02. The second-order valence-corrected chi connectivity index (χ2v) is 4.32. The number of nitrogens with one attached hydrogen (secondary N) is 1. The molecule has 1 amide bonds. The highest BCUT2D eigenvalue weighted by molar-refractivity contribution is 5.97. The van der Waals surface area contributed by atoms with Gasteiger partial charge in [-0.1, -0.05) is 13.0 Å². The van der Waals surface area contributed by atoms with Crippen molar-refractivity contribution in [1.82, 2.24) is 0 Å². The molecule has 0 spiro atoms. The molecule has 1 heterocycles. The maximum Gasteiger partial charge on any atom is 0.323 e. The van der Waals surface area contributed by atoms with E-state index < -0.39 is 5.97 Å². The van der Waals surface area contributed by atoms with E-state index in [1.54, 1.807) is 4.90 Å². The molecule has 18 heavy (non-hydrogen) atoms. The Labute approximate surface area is 105 Å². The molecule has 0 aliphatic carbocycles. The molecule has 5 nitrogen and oxygen atoms in total. The fourth-order valence-corrected chi connectivity index (χ4v) is 2.06. The number of fused-ring (bicyclic) bond motifs is 1. The van der Waals surface area contributed by atoms with Crippen molar-refractivity contribution in [2.24, 2.45) is 0 Å². The van der Waals surface area contributed by atoms with Crippen LogP contribution in [-0.2, 0) is 16.0 Å². The Hall–Kier alpha value is -2.04. The molecule has 2 N–H and O–H groups in total. The van der Waals surface area contributed by atoms with Crippen LogP contribution in [0.3, 0.4) is 0 Å². The number of hydrogen-bond acceptors (Lipinski definition) is 3. The van der Waals surface area contributed by atoms with E-state index in [0.29, 0.717) is 18.7 Å². The largest absolute Gasteiger partial charge is 0.480 e. The highest BCUT2D eigenvalue weighted by Crippen LogP contribution is 2.30. The van der Waals surface area contributed by atoms with Gasteiger partial charge in [-0.2, -0.15) is 0 Å². The third kappa shape index (κ3) is 2.61. The van der Waals surface area contributed by atoms with Crippen LogP contribution in [0, 0.1) is 0 Å². The molecule has 1 aliphatic heterocycles. The summed E-state index contributed by atoms with van der Waals surface area (Å²) in [7, 11) is 0. The van der Waals surface area contributed by atoms with Gasteiger partial charge in [0, 0.05) is 13.0 Å². The van der Waals surface area contributed by atoms with Crippen LogP contribution in [0.1, 0.15) is 18.9 Å². The lowest BCUT2D eigenvalue weighted by atomic mass is 10.1. The van der Waals surface area contributed by atoms with E-state index in [2.05, 4.69) is 5.32 Å². The van der Waals surface area contributed by atoms with Crippen molar-refractivity contribution in [3.05, 3.63) is 23.8 Å². The van der Waals surface area contributed by atoms with E-state index in [9.17, 15) is 9.59 Å². The van der Waals surface area contributed by atoms with E-state index in [1.165, 1.54) is 0 Å². The lowest BCUT2D eigenvalue weighted by molar-refractivity contribution is -0.135. The van der Waals surface area contributed by atoms with Crippen molar-refractivity contribution < 1.29 is 14.7 Å². The molecule has 0 bridgehead atoms. The van der Waals surface area contributed by atoms with Crippen LogP contribution in [0.5, 0.6) is 0 Å². The fraction of sp³-hybridized carbons (Fsp3) is 0.385. The SMILES string of the molecule is CCc1ccc2c(c1)N(CC(=O)O)CCC(=O)N2. The minimum absolute atomic E-state index is 0.0756. The van der Waals surface area contributed by atoms with Gasteiger partial charge in [-0.3, -0.25) is 9.59 Å². The summed E-state index contributed by atoms with van der Waals surface area (Å²) in [5.74, 6) is -0.967. The first-order valence-corrected chi connectivity index (χ1v) is 5.99. The van der Waals surface area contributed by atoms with E-state index in [1.807, 2.05) is 25.1 Å². The zero-order valence-electron chi connectivity index (χ0n) is 10.3. The molecular formula is C13H16N2O3. The van der Waals surface area contributed by atoms with E-state index in [-0.39, 0.29) is 12.5 Å². The van der Waals surface area contributed by atoms with Gasteiger partial charge in [0.2, 0.25) is 5.91 Å². The van der Waals surface area contributed by atoms with Gasteiger partial charge in [-0.25, -0.2) is 0 Å². The van der Waals surface area contributed by atoms with Crippen LogP contribution in [0.25, 0.3) is 0 Å². The number of amides is 1. The van der Waals surface area contributed by atoms with Crippen LogP contribution in [0.2, 0.25) is 0 Å². The number of carbonyl (C=O) groups is 2. The van der Waals surface area contributed by atoms with Gasteiger partial charge >= 0.3 is 5.97 Å². The maximum atomic E-state index is 11.5. The van der Waals surface area contributed by atoms with Crippen molar-refractivity contribution in [1.29, 1.82) is 0 Å². The van der Waals surface area contributed by atoms with Crippen molar-refractivity contribution in [2.75, 3.05) is 23.3 Å². The van der Waals surface area contributed by atoms with Crippen molar-refractivity contribution in [2.45, 2.75) is 19.8 Å². The predicted molar refractivity (Wildman–Crippen MR) is 68.9 cm³/mol. The van der Waals surface area contributed by atoms with E-state index in [0.717, 1.165) is 17.7 Å². The number of aryl methyl sites for hydroxylation is 1. The van der Waals surface area contributed by atoms with Crippen LogP contribution in [-0.4, -0.2) is 30.1 Å². The Balaban J connectivity index is 2.40. The molecule has 0 saturated heterocycles. The highest BCUT2D eigenvalue weighted by atomic mass is 16.4. The smallest absolute Gasteiger partial charge is 0.323 e. The number of aliphatic carboxylic acids is 1. The molecule has 5 heteroatoms. The van der Waals surface area contributed by atoms with Crippen molar-refractivity contribution in [3.63, 3.8) is 0 Å². The standard InChI is InChI=1S/C13H16N2O3/c1-2-9-3-4-10-11(7-9)15(8-13(17)18)6-5-12(16)14-10/h3-4,7H,2,5-6,8H2,1H3,(H,14,16)(H,17,18). The first-order valence-electron chi connectivity index (χ1n) is 5.99. The van der Waals surface area contributed by atoms with E-state index in [4.69, 9.17) is 5.11 Å². The van der Waals surface area contributed by atoms with Crippen molar-refractivity contribution in [3.8, 4) is 0 Å². The Morgan fingerprint density at radius 1 is 1.50 bits per heavy atom. The number of carbonyl (C=O) groups excluding carboxylic acids is 1. The lowest BCUT2D eigenvalue weighted by Crippen LogP contribution is -2.30. The molecule has 1 aromatic rings. The molecule has 0 unspecified atom stereocenters. The molecule has 1 aliphatic rings. The number of carboxylic acids is 1. The first kappa shape index (κ1) is 12.4. The average Bonchev–Trinajstić information content (AvgIpc) is 2.48. The lowest BCUT2D eigenvalue weighted by Gasteiger charge is -2.22. The Bertz CT molecular complexity index is 485. The number of anilines is 2. The minimum atomic E-state index is -0.891. The molecule has 1 aromatic carbocycles. The highest BCUT2D eigenvalue weighted by Gasteiger charge is 2.20. The summed E-state index contributed by atoms with van der Waals surface area (Å²) in [5, 5.41) is 11.7. The van der Waals surface area contributed by atoms with Gasteiger partial charge < -0.3 is 15.3 Å². The molecule has 2 rings (SSSR count). The summed E-state index contributed by atoms with van der Waals surface area (Å²) in [6, 6.07) is 5.74. The number of rotatable bonds is 3. The quantitative estimate of drug-likeness (QED) is 0.850. The Kier molecular flexibility index (Phi) is 3.50. The number of nitrogens with zero attached hydrogens (tertiary/aromatic N) is 1. The Morgan fingerprint density at radius 2 is 2.28 bits per heavy atom. The van der Waals surface area contributed by atoms with Gasteiger partial charge in [0.05, 0.1) is 11.4 Å². The predicted octanol–water partition coefficient (Wildman–Crippen LogP) is 1.48. The molecule has 96 valence electrons. The van der Waals surface area contributed by atoms with Gasteiger partial charge in [-0.15, -0.1) is 0 Å². The summed E-state index contributed by atoms with van der Waals surface area (Å²) in [5.41, 5.74) is 2.61. The summed E-state index contributed by atoms with van der Waals surface area (Å²) in [4.78, 5) is 24.2. The second-order valence-electron chi connectivity index (χ2n) is 4.32. The zero-order valence-corrected chi connectivity index (χ0v) is 10.3. The number of hydrogen-bond donors (Lipinski definition) is 2. The van der Waals surface area contributed by atoms with Gasteiger partial charge in [0.15, 0.2) is 0 Å². The minimum Gasteiger partial charge on any atom is -0.480 e.